The van der Waals surface area contributed by atoms with Gasteiger partial charge in [-0.15, -0.1) is 0 Å². The summed E-state index contributed by atoms with van der Waals surface area (Å²) >= 11 is 0. The minimum Gasteiger partial charge on any atom is -0.492 e. The fourth-order valence-corrected chi connectivity index (χ4v) is 3.28. The van der Waals surface area contributed by atoms with Crippen molar-refractivity contribution in [3.63, 3.8) is 0 Å². The van der Waals surface area contributed by atoms with Gasteiger partial charge in [0.2, 0.25) is 10.0 Å². The van der Waals surface area contributed by atoms with E-state index in [1.165, 1.54) is 19.2 Å². The summed E-state index contributed by atoms with van der Waals surface area (Å²) in [6.45, 7) is 3.93. The van der Waals surface area contributed by atoms with Crippen molar-refractivity contribution in [1.82, 2.24) is 4.72 Å². The Morgan fingerprint density at radius 3 is 2.48 bits per heavy atom. The van der Waals surface area contributed by atoms with Gasteiger partial charge in [-0.1, -0.05) is 24.3 Å². The topological polar surface area (TPSA) is 81.7 Å². The van der Waals surface area contributed by atoms with Crippen LogP contribution in [0.4, 0.5) is 0 Å². The van der Waals surface area contributed by atoms with E-state index in [9.17, 15) is 13.2 Å². The Morgan fingerprint density at radius 2 is 1.80 bits per heavy atom. The molecule has 2 aromatic rings. The number of carbonyl (C=O) groups is 1. The number of aryl methyl sites for hydroxylation is 2. The van der Waals surface area contributed by atoms with Gasteiger partial charge in [0.1, 0.15) is 12.4 Å². The van der Waals surface area contributed by atoms with Gasteiger partial charge in [0.05, 0.1) is 17.6 Å². The molecule has 0 aliphatic heterocycles. The Labute approximate surface area is 147 Å². The monoisotopic (exact) mass is 363 g/mol. The third kappa shape index (κ3) is 4.80. The largest absolute Gasteiger partial charge is 0.492 e. The second-order valence-electron chi connectivity index (χ2n) is 5.48. The van der Waals surface area contributed by atoms with Gasteiger partial charge in [0.15, 0.2) is 0 Å². The summed E-state index contributed by atoms with van der Waals surface area (Å²) in [6, 6.07) is 11.8. The molecule has 0 aliphatic carbocycles. The summed E-state index contributed by atoms with van der Waals surface area (Å²) in [5, 5.41) is 0. The lowest BCUT2D eigenvalue weighted by Crippen LogP contribution is -2.28. The molecule has 0 heterocycles. The van der Waals surface area contributed by atoms with Crippen molar-refractivity contribution in [3.05, 3.63) is 59.2 Å². The molecular weight excluding hydrogens is 342 g/mol. The highest BCUT2D eigenvalue weighted by Gasteiger charge is 2.18. The van der Waals surface area contributed by atoms with Crippen molar-refractivity contribution < 1.29 is 22.7 Å². The zero-order chi connectivity index (χ0) is 18.4. The fourth-order valence-electron chi connectivity index (χ4n) is 2.24. The van der Waals surface area contributed by atoms with Crippen LogP contribution in [-0.2, 0) is 14.8 Å². The number of para-hydroxylation sites is 1. The minimum atomic E-state index is -3.74. The normalized spacial score (nSPS) is 11.2. The Balaban J connectivity index is 2.02. The van der Waals surface area contributed by atoms with Crippen molar-refractivity contribution in [2.75, 3.05) is 20.3 Å². The summed E-state index contributed by atoms with van der Waals surface area (Å²) in [5.74, 6) is 0.141. The Bertz CT molecular complexity index is 862. The molecule has 0 saturated heterocycles. The highest BCUT2D eigenvalue weighted by Crippen LogP contribution is 2.17. The van der Waals surface area contributed by atoms with Crippen molar-refractivity contribution >= 4 is 16.0 Å². The van der Waals surface area contributed by atoms with Crippen LogP contribution in [0.1, 0.15) is 21.5 Å². The van der Waals surface area contributed by atoms with E-state index < -0.39 is 16.0 Å². The lowest BCUT2D eigenvalue weighted by molar-refractivity contribution is 0.0599. The first-order valence-electron chi connectivity index (χ1n) is 7.72. The van der Waals surface area contributed by atoms with E-state index in [4.69, 9.17) is 4.74 Å². The molecular formula is C18H21NO5S. The summed E-state index contributed by atoms with van der Waals surface area (Å²) in [4.78, 5) is 11.7. The van der Waals surface area contributed by atoms with Crippen molar-refractivity contribution in [1.29, 1.82) is 0 Å². The number of sulfonamides is 1. The first kappa shape index (κ1) is 19.0. The maximum absolute atomic E-state index is 12.4. The van der Waals surface area contributed by atoms with E-state index in [1.807, 2.05) is 31.2 Å². The molecule has 0 saturated carbocycles. The number of nitrogens with one attached hydrogen (secondary N) is 1. The predicted molar refractivity (Wildman–Crippen MR) is 94.4 cm³/mol. The summed E-state index contributed by atoms with van der Waals surface area (Å²) in [5.41, 5.74) is 1.85. The average Bonchev–Trinajstić information content (AvgIpc) is 2.59. The number of methoxy groups -OCH3 is 1. The second kappa shape index (κ2) is 8.13. The van der Waals surface area contributed by atoms with Crippen LogP contribution in [0, 0.1) is 13.8 Å². The third-order valence-electron chi connectivity index (χ3n) is 3.67. The molecule has 0 aliphatic rings. The minimum absolute atomic E-state index is 0.00870. The highest BCUT2D eigenvalue weighted by atomic mass is 32.2. The molecule has 0 bridgehead atoms. The number of esters is 1. The zero-order valence-corrected chi connectivity index (χ0v) is 15.2. The van der Waals surface area contributed by atoms with Crippen molar-refractivity contribution in [3.8, 4) is 5.75 Å². The summed E-state index contributed by atoms with van der Waals surface area (Å²) < 4.78 is 37.4. The molecule has 7 heteroatoms. The van der Waals surface area contributed by atoms with E-state index in [-0.39, 0.29) is 23.6 Å². The fraction of sp³-hybridized carbons (Fsp3) is 0.278. The lowest BCUT2D eigenvalue weighted by Gasteiger charge is -2.11. The molecule has 134 valence electrons. The van der Waals surface area contributed by atoms with Gasteiger partial charge in [-0.05, 0) is 43.2 Å². The first-order chi connectivity index (χ1) is 11.8. The second-order valence-corrected chi connectivity index (χ2v) is 7.25. The van der Waals surface area contributed by atoms with Crippen LogP contribution >= 0.6 is 0 Å². The number of ether oxygens (including phenoxy) is 2. The van der Waals surface area contributed by atoms with Gasteiger partial charge >= 0.3 is 5.97 Å². The number of rotatable bonds is 7. The van der Waals surface area contributed by atoms with Gasteiger partial charge in [-0.25, -0.2) is 17.9 Å². The molecule has 25 heavy (non-hydrogen) atoms. The van der Waals surface area contributed by atoms with Crippen molar-refractivity contribution in [2.24, 2.45) is 0 Å². The SMILES string of the molecule is COC(=O)c1cc(S(=O)(=O)NCCOc2ccccc2C)ccc1C. The standard InChI is InChI=1S/C18H21NO5S/c1-13-8-9-15(12-16(13)18(20)23-3)25(21,22)19-10-11-24-17-7-5-4-6-14(17)2/h4-9,12,19H,10-11H2,1-3H3. The molecule has 0 spiro atoms. The van der Waals surface area contributed by atoms with Crippen LogP contribution in [0.15, 0.2) is 47.4 Å². The number of hydrogen-bond donors (Lipinski definition) is 1. The quantitative estimate of drug-likeness (QED) is 0.604. The summed E-state index contributed by atoms with van der Waals surface area (Å²) in [7, 11) is -2.49. The smallest absolute Gasteiger partial charge is 0.338 e. The molecule has 2 aromatic carbocycles. The number of hydrogen-bond acceptors (Lipinski definition) is 5. The van der Waals surface area contributed by atoms with Crippen LogP contribution < -0.4 is 9.46 Å². The average molecular weight is 363 g/mol. The Kier molecular flexibility index (Phi) is 6.17. The third-order valence-corrected chi connectivity index (χ3v) is 5.13. The molecule has 0 amide bonds. The van der Waals surface area contributed by atoms with Crippen LogP contribution in [0.5, 0.6) is 5.75 Å². The summed E-state index contributed by atoms with van der Waals surface area (Å²) in [6.07, 6.45) is 0. The van der Waals surface area contributed by atoms with E-state index in [1.54, 1.807) is 13.0 Å². The Morgan fingerprint density at radius 1 is 1.08 bits per heavy atom. The predicted octanol–water partition coefficient (Wildman–Crippen LogP) is 2.45. The van der Waals surface area contributed by atoms with Gasteiger partial charge in [-0.2, -0.15) is 0 Å². The molecule has 0 atom stereocenters. The maximum atomic E-state index is 12.4. The molecule has 0 radical (unpaired) electrons. The zero-order valence-electron chi connectivity index (χ0n) is 14.4. The van der Waals surface area contributed by atoms with E-state index in [2.05, 4.69) is 9.46 Å². The Hall–Kier alpha value is -2.38. The van der Waals surface area contributed by atoms with Crippen LogP contribution in [0.25, 0.3) is 0 Å². The van der Waals surface area contributed by atoms with Gasteiger partial charge < -0.3 is 9.47 Å². The number of carbonyl (C=O) groups excluding carboxylic acids is 1. The van der Waals surface area contributed by atoms with Gasteiger partial charge in [0, 0.05) is 6.54 Å². The molecule has 0 unspecified atom stereocenters. The van der Waals surface area contributed by atoms with Crippen molar-refractivity contribution in [2.45, 2.75) is 18.7 Å². The maximum Gasteiger partial charge on any atom is 0.338 e. The van der Waals surface area contributed by atoms with Gasteiger partial charge in [0.25, 0.3) is 0 Å². The molecule has 6 nitrogen and oxygen atoms in total. The van der Waals surface area contributed by atoms with E-state index in [0.717, 1.165) is 5.56 Å². The molecule has 0 fully saturated rings. The molecule has 0 aromatic heterocycles. The number of benzene rings is 2. The molecule has 1 N–H and O–H groups in total. The lowest BCUT2D eigenvalue weighted by atomic mass is 10.1. The van der Waals surface area contributed by atoms with Crippen LogP contribution in [0.3, 0.4) is 0 Å². The van der Waals surface area contributed by atoms with E-state index in [0.29, 0.717) is 11.3 Å². The van der Waals surface area contributed by atoms with Crippen LogP contribution in [-0.4, -0.2) is 34.6 Å². The van der Waals surface area contributed by atoms with Crippen LogP contribution in [0.2, 0.25) is 0 Å². The first-order valence-corrected chi connectivity index (χ1v) is 9.20. The van der Waals surface area contributed by atoms with E-state index >= 15 is 0 Å². The molecule has 2 rings (SSSR count). The highest BCUT2D eigenvalue weighted by molar-refractivity contribution is 7.89. The van der Waals surface area contributed by atoms with Gasteiger partial charge in [-0.3, -0.25) is 0 Å².